The number of aromatic nitrogens is 1. The minimum atomic E-state index is -4.23. The second-order valence-corrected chi connectivity index (χ2v) is 14.6. The van der Waals surface area contributed by atoms with Crippen molar-refractivity contribution in [1.82, 2.24) is 20.1 Å². The second-order valence-electron chi connectivity index (χ2n) is 12.8. The highest BCUT2D eigenvalue weighted by atomic mass is 32.2. The van der Waals surface area contributed by atoms with Crippen molar-refractivity contribution in [3.8, 4) is 5.75 Å². The van der Waals surface area contributed by atoms with E-state index in [1.165, 1.54) is 30.0 Å². The van der Waals surface area contributed by atoms with Crippen LogP contribution in [0, 0.1) is 0 Å². The minimum Gasteiger partial charge on any atom is -0.508 e. The van der Waals surface area contributed by atoms with E-state index in [2.05, 4.69) is 27.3 Å². The number of nitrogens with one attached hydrogen (secondary N) is 1. The van der Waals surface area contributed by atoms with Gasteiger partial charge in [-0.15, -0.1) is 0 Å². The highest BCUT2D eigenvalue weighted by Gasteiger charge is 2.32. The molecule has 1 amide bonds. The van der Waals surface area contributed by atoms with Crippen molar-refractivity contribution in [3.63, 3.8) is 0 Å². The number of amides is 1. The van der Waals surface area contributed by atoms with Crippen molar-refractivity contribution >= 4 is 32.5 Å². The number of rotatable bonds is 11. The SMILES string of the molecule is CC(C)(C)OC(=O)CNC(Cc1ccc(O)cc1S(=O)(=O)c1nccc2ccccc12)C(=O)N1CCN(CCc2ccccc2)CC1. The molecular formula is C36H42N4O6S. The molecule has 248 valence electrons. The van der Waals surface area contributed by atoms with Crippen LogP contribution in [0.25, 0.3) is 10.8 Å². The molecule has 0 radical (unpaired) electrons. The van der Waals surface area contributed by atoms with Crippen LogP contribution >= 0.6 is 0 Å². The fourth-order valence-corrected chi connectivity index (χ4v) is 7.42. The Kier molecular flexibility index (Phi) is 10.6. The summed E-state index contributed by atoms with van der Waals surface area (Å²) >= 11 is 0. The van der Waals surface area contributed by atoms with Gasteiger partial charge >= 0.3 is 5.97 Å². The Bertz CT molecular complexity index is 1810. The van der Waals surface area contributed by atoms with E-state index in [1.807, 2.05) is 24.3 Å². The Morgan fingerprint density at radius 2 is 1.66 bits per heavy atom. The maximum atomic E-state index is 14.1. The lowest BCUT2D eigenvalue weighted by molar-refractivity contribution is -0.153. The third-order valence-corrected chi connectivity index (χ3v) is 9.90. The number of ether oxygens (including phenoxy) is 1. The zero-order valence-electron chi connectivity index (χ0n) is 27.1. The minimum absolute atomic E-state index is 0.0462. The van der Waals surface area contributed by atoms with Crippen LogP contribution in [0.15, 0.2) is 95.0 Å². The maximum absolute atomic E-state index is 14.1. The largest absolute Gasteiger partial charge is 0.508 e. The quantitative estimate of drug-likeness (QED) is 0.230. The Labute approximate surface area is 276 Å². The maximum Gasteiger partial charge on any atom is 0.320 e. The van der Waals surface area contributed by atoms with Crippen LogP contribution in [0.4, 0.5) is 0 Å². The van der Waals surface area contributed by atoms with Crippen LogP contribution in [0.1, 0.15) is 31.9 Å². The number of carbonyl (C=O) groups is 2. The summed E-state index contributed by atoms with van der Waals surface area (Å²) in [5.41, 5.74) is 0.864. The smallest absolute Gasteiger partial charge is 0.320 e. The predicted molar refractivity (Wildman–Crippen MR) is 180 cm³/mol. The summed E-state index contributed by atoms with van der Waals surface area (Å²) in [4.78, 5) is 34.9. The monoisotopic (exact) mass is 658 g/mol. The molecule has 0 bridgehead atoms. The summed E-state index contributed by atoms with van der Waals surface area (Å²) < 4.78 is 33.7. The molecule has 2 N–H and O–H groups in total. The molecule has 1 aliphatic rings. The predicted octanol–water partition coefficient (Wildman–Crippen LogP) is 4.00. The van der Waals surface area contributed by atoms with Gasteiger partial charge in [-0.3, -0.25) is 19.8 Å². The summed E-state index contributed by atoms with van der Waals surface area (Å²) in [6.07, 6.45) is 2.31. The first-order valence-electron chi connectivity index (χ1n) is 15.8. The van der Waals surface area contributed by atoms with Gasteiger partial charge in [-0.2, -0.15) is 0 Å². The lowest BCUT2D eigenvalue weighted by Crippen LogP contribution is -2.55. The molecule has 4 aromatic rings. The summed E-state index contributed by atoms with van der Waals surface area (Å²) in [5, 5.41) is 14.5. The number of sulfone groups is 1. The summed E-state index contributed by atoms with van der Waals surface area (Å²) in [7, 11) is -4.23. The van der Waals surface area contributed by atoms with Crippen LogP contribution < -0.4 is 5.32 Å². The second kappa shape index (κ2) is 14.6. The van der Waals surface area contributed by atoms with Gasteiger partial charge in [-0.25, -0.2) is 13.4 Å². The summed E-state index contributed by atoms with van der Waals surface area (Å²) in [6, 6.07) is 22.2. The zero-order valence-corrected chi connectivity index (χ0v) is 27.9. The summed E-state index contributed by atoms with van der Waals surface area (Å²) in [5.74, 6) is -1.00. The van der Waals surface area contributed by atoms with Crippen molar-refractivity contribution < 1.29 is 27.9 Å². The van der Waals surface area contributed by atoms with Gasteiger partial charge in [0.05, 0.1) is 17.5 Å². The lowest BCUT2D eigenvalue weighted by atomic mass is 10.0. The first-order valence-corrected chi connectivity index (χ1v) is 17.3. The molecule has 2 heterocycles. The highest BCUT2D eigenvalue weighted by Crippen LogP contribution is 2.31. The number of fused-ring (bicyclic) bond motifs is 1. The van der Waals surface area contributed by atoms with E-state index in [1.54, 1.807) is 49.9 Å². The first-order chi connectivity index (χ1) is 22.4. The van der Waals surface area contributed by atoms with Crippen LogP contribution in [-0.4, -0.2) is 91.1 Å². The highest BCUT2D eigenvalue weighted by molar-refractivity contribution is 7.91. The molecule has 1 fully saturated rings. The van der Waals surface area contributed by atoms with Crippen molar-refractivity contribution in [1.29, 1.82) is 0 Å². The van der Waals surface area contributed by atoms with E-state index < -0.39 is 27.4 Å². The van der Waals surface area contributed by atoms with Crippen LogP contribution in [0.5, 0.6) is 5.75 Å². The molecule has 0 spiro atoms. The number of hydrogen-bond acceptors (Lipinski definition) is 9. The first kappa shape index (κ1) is 34.0. The molecule has 5 rings (SSSR count). The van der Waals surface area contributed by atoms with E-state index >= 15 is 0 Å². The van der Waals surface area contributed by atoms with Gasteiger partial charge in [0.15, 0.2) is 5.03 Å². The molecule has 1 aromatic heterocycles. The standard InChI is InChI=1S/C36H42N4O6S/c1-36(2,3)46-33(42)25-38-31(35(43)40-21-19-39(20-22-40)18-16-26-9-5-4-6-10-26)23-28-13-14-29(41)24-32(28)47(44,45)34-30-12-8-7-11-27(30)15-17-37-34/h4-15,17,24,31,38,41H,16,18-23,25H2,1-3H3. The van der Waals surface area contributed by atoms with Gasteiger partial charge in [0.25, 0.3) is 0 Å². The van der Waals surface area contributed by atoms with Gasteiger partial charge in [-0.05, 0) is 68.3 Å². The molecule has 10 nitrogen and oxygen atoms in total. The number of pyridine rings is 1. The normalized spacial score (nSPS) is 15.0. The number of phenols is 1. The Balaban J connectivity index is 1.38. The molecule has 1 unspecified atom stereocenters. The molecule has 47 heavy (non-hydrogen) atoms. The molecule has 1 aliphatic heterocycles. The molecule has 0 saturated carbocycles. The van der Waals surface area contributed by atoms with Gasteiger partial charge in [0.1, 0.15) is 11.4 Å². The van der Waals surface area contributed by atoms with Gasteiger partial charge in [0.2, 0.25) is 15.7 Å². The van der Waals surface area contributed by atoms with Gasteiger partial charge in [0, 0.05) is 44.3 Å². The van der Waals surface area contributed by atoms with E-state index in [4.69, 9.17) is 4.74 Å². The molecule has 1 atom stereocenters. The van der Waals surface area contributed by atoms with Crippen molar-refractivity contribution in [3.05, 3.63) is 96.2 Å². The van der Waals surface area contributed by atoms with Crippen molar-refractivity contribution in [2.24, 2.45) is 0 Å². The lowest BCUT2D eigenvalue weighted by Gasteiger charge is -2.36. The number of carbonyl (C=O) groups excluding carboxylic acids is 2. The zero-order chi connectivity index (χ0) is 33.6. The Morgan fingerprint density at radius 1 is 0.957 bits per heavy atom. The third-order valence-electron chi connectivity index (χ3n) is 8.11. The van der Waals surface area contributed by atoms with Crippen molar-refractivity contribution in [2.75, 3.05) is 39.3 Å². The molecule has 11 heteroatoms. The van der Waals surface area contributed by atoms with E-state index in [9.17, 15) is 23.1 Å². The number of piperazine rings is 1. The van der Waals surface area contributed by atoms with Crippen molar-refractivity contribution in [2.45, 2.75) is 55.2 Å². The Hall–Kier alpha value is -4.32. The Morgan fingerprint density at radius 3 is 2.38 bits per heavy atom. The molecule has 1 saturated heterocycles. The fourth-order valence-electron chi connectivity index (χ4n) is 5.77. The topological polar surface area (TPSA) is 129 Å². The number of esters is 1. The van der Waals surface area contributed by atoms with Crippen LogP contribution in [-0.2, 0) is 37.0 Å². The number of phenolic OH excluding ortho intramolecular Hbond substituents is 1. The number of nitrogens with zero attached hydrogens (tertiary/aromatic N) is 3. The van der Waals surface area contributed by atoms with E-state index in [0.717, 1.165) is 13.0 Å². The number of hydrogen-bond donors (Lipinski definition) is 2. The van der Waals surface area contributed by atoms with Gasteiger partial charge < -0.3 is 14.7 Å². The van der Waals surface area contributed by atoms with E-state index in [-0.39, 0.29) is 34.5 Å². The van der Waals surface area contributed by atoms with Crippen LogP contribution in [0.2, 0.25) is 0 Å². The molecule has 3 aromatic carbocycles. The molecule has 0 aliphatic carbocycles. The third kappa shape index (κ3) is 8.73. The van der Waals surface area contributed by atoms with Crippen LogP contribution in [0.3, 0.4) is 0 Å². The van der Waals surface area contributed by atoms with Gasteiger partial charge in [-0.1, -0.05) is 60.7 Å². The summed E-state index contributed by atoms with van der Waals surface area (Å²) in [6.45, 7) is 8.32. The average molecular weight is 659 g/mol. The fraction of sp³-hybridized carbons (Fsp3) is 0.361. The number of aromatic hydroxyl groups is 1. The van der Waals surface area contributed by atoms with E-state index in [0.29, 0.717) is 42.5 Å². The number of benzene rings is 3. The average Bonchev–Trinajstić information content (AvgIpc) is 3.05. The molecular weight excluding hydrogens is 616 g/mol.